The smallest absolute Gasteiger partial charge is 0.243 e. The summed E-state index contributed by atoms with van der Waals surface area (Å²) in [5.41, 5.74) is 2.80. The van der Waals surface area contributed by atoms with Crippen molar-refractivity contribution in [3.63, 3.8) is 0 Å². The lowest BCUT2D eigenvalue weighted by Gasteiger charge is -2.25. The van der Waals surface area contributed by atoms with Gasteiger partial charge in [-0.15, -0.1) is 0 Å². The van der Waals surface area contributed by atoms with Crippen LogP contribution in [0.25, 0.3) is 0 Å². The zero-order valence-electron chi connectivity index (χ0n) is 18.0. The number of nitrogens with zero attached hydrogens (tertiary/aromatic N) is 1. The van der Waals surface area contributed by atoms with Crippen LogP contribution in [0.15, 0.2) is 89.8 Å². The molecule has 1 saturated heterocycles. The Morgan fingerprint density at radius 1 is 0.781 bits per heavy atom. The Hall–Kier alpha value is -2.96. The quantitative estimate of drug-likeness (QED) is 0.586. The maximum absolute atomic E-state index is 12.9. The van der Waals surface area contributed by atoms with E-state index in [-0.39, 0.29) is 23.3 Å². The first-order valence-corrected chi connectivity index (χ1v) is 12.5. The van der Waals surface area contributed by atoms with Crippen LogP contribution in [-0.2, 0) is 21.2 Å². The van der Waals surface area contributed by atoms with E-state index in [1.54, 1.807) is 28.6 Å². The predicted octanol–water partition coefficient (Wildman–Crippen LogP) is 4.31. The second-order valence-electron chi connectivity index (χ2n) is 8.11. The molecule has 0 unspecified atom stereocenters. The summed E-state index contributed by atoms with van der Waals surface area (Å²) in [6.45, 7) is 1.15. The monoisotopic (exact) mass is 448 g/mol. The van der Waals surface area contributed by atoms with Crippen LogP contribution in [0.3, 0.4) is 0 Å². The molecule has 1 fully saturated rings. The molecule has 0 atom stereocenters. The maximum atomic E-state index is 12.9. The van der Waals surface area contributed by atoms with Gasteiger partial charge in [-0.05, 0) is 41.7 Å². The van der Waals surface area contributed by atoms with Gasteiger partial charge < -0.3 is 5.32 Å². The standard InChI is InChI=1S/C26H28N2O3S/c29-25(27-26(22-10-4-1-5-11-22)23-12-6-2-7-13-23)20-21-14-16-24(17-15-21)32(30,31)28-18-8-3-9-19-28/h1-2,4-7,10-17,26H,3,8-9,18-20H2,(H,27,29). The molecule has 0 radical (unpaired) electrons. The van der Waals surface area contributed by atoms with Gasteiger partial charge in [0.05, 0.1) is 17.4 Å². The summed E-state index contributed by atoms with van der Waals surface area (Å²) in [7, 11) is -3.47. The van der Waals surface area contributed by atoms with Crippen LogP contribution in [-0.4, -0.2) is 31.7 Å². The predicted molar refractivity (Wildman–Crippen MR) is 126 cm³/mol. The van der Waals surface area contributed by atoms with E-state index in [1.807, 2.05) is 60.7 Å². The van der Waals surface area contributed by atoms with E-state index in [0.717, 1.165) is 36.0 Å². The molecular weight excluding hydrogens is 420 g/mol. The van der Waals surface area contributed by atoms with Crippen molar-refractivity contribution in [2.24, 2.45) is 0 Å². The molecule has 4 rings (SSSR count). The van der Waals surface area contributed by atoms with Gasteiger partial charge in [-0.3, -0.25) is 4.79 Å². The molecule has 0 spiro atoms. The van der Waals surface area contributed by atoms with Gasteiger partial charge in [-0.25, -0.2) is 8.42 Å². The SMILES string of the molecule is O=C(Cc1ccc(S(=O)(=O)N2CCCCC2)cc1)NC(c1ccccc1)c1ccccc1. The number of amides is 1. The van der Waals surface area contributed by atoms with Crippen molar-refractivity contribution in [3.8, 4) is 0 Å². The number of hydrogen-bond donors (Lipinski definition) is 1. The van der Waals surface area contributed by atoms with E-state index in [0.29, 0.717) is 13.1 Å². The lowest BCUT2D eigenvalue weighted by molar-refractivity contribution is -0.120. The van der Waals surface area contributed by atoms with Crippen LogP contribution >= 0.6 is 0 Å². The second-order valence-corrected chi connectivity index (χ2v) is 10.0. The lowest BCUT2D eigenvalue weighted by atomic mass is 9.98. The van der Waals surface area contributed by atoms with Crippen LogP contribution in [0.4, 0.5) is 0 Å². The van der Waals surface area contributed by atoms with Crippen LogP contribution in [0, 0.1) is 0 Å². The van der Waals surface area contributed by atoms with Crippen LogP contribution in [0.2, 0.25) is 0 Å². The average Bonchev–Trinajstić information content (AvgIpc) is 2.84. The lowest BCUT2D eigenvalue weighted by Crippen LogP contribution is -2.35. The molecule has 6 heteroatoms. The molecule has 1 heterocycles. The first-order chi connectivity index (χ1) is 15.5. The van der Waals surface area contributed by atoms with E-state index in [4.69, 9.17) is 0 Å². The minimum atomic E-state index is -3.47. The van der Waals surface area contributed by atoms with Crippen molar-refractivity contribution >= 4 is 15.9 Å². The largest absolute Gasteiger partial charge is 0.345 e. The molecule has 0 saturated carbocycles. The Morgan fingerprint density at radius 3 is 1.84 bits per heavy atom. The number of carbonyl (C=O) groups is 1. The van der Waals surface area contributed by atoms with Crippen molar-refractivity contribution in [2.75, 3.05) is 13.1 Å². The fourth-order valence-corrected chi connectivity index (χ4v) is 5.60. The Labute approximate surface area is 190 Å². The first kappa shape index (κ1) is 22.2. The third kappa shape index (κ3) is 5.26. The molecule has 32 heavy (non-hydrogen) atoms. The maximum Gasteiger partial charge on any atom is 0.243 e. The van der Waals surface area contributed by atoms with Gasteiger partial charge in [0.1, 0.15) is 0 Å². The molecule has 0 aliphatic carbocycles. The van der Waals surface area contributed by atoms with Crippen molar-refractivity contribution < 1.29 is 13.2 Å². The third-order valence-corrected chi connectivity index (χ3v) is 7.72. The van der Waals surface area contributed by atoms with Crippen LogP contribution < -0.4 is 5.32 Å². The highest BCUT2D eigenvalue weighted by molar-refractivity contribution is 7.89. The summed E-state index contributed by atoms with van der Waals surface area (Å²) >= 11 is 0. The molecule has 0 aromatic heterocycles. The Kier molecular flexibility index (Phi) is 7.02. The summed E-state index contributed by atoms with van der Waals surface area (Å²) in [5.74, 6) is -0.116. The summed E-state index contributed by atoms with van der Waals surface area (Å²) in [6, 6.07) is 26.2. The highest BCUT2D eigenvalue weighted by Gasteiger charge is 2.25. The van der Waals surface area contributed by atoms with E-state index in [9.17, 15) is 13.2 Å². The highest BCUT2D eigenvalue weighted by atomic mass is 32.2. The van der Waals surface area contributed by atoms with Crippen molar-refractivity contribution in [1.82, 2.24) is 9.62 Å². The van der Waals surface area contributed by atoms with Gasteiger partial charge in [-0.1, -0.05) is 79.2 Å². The topological polar surface area (TPSA) is 66.5 Å². The van der Waals surface area contributed by atoms with Gasteiger partial charge in [0, 0.05) is 13.1 Å². The number of rotatable bonds is 7. The third-order valence-electron chi connectivity index (χ3n) is 5.81. The van der Waals surface area contributed by atoms with Crippen molar-refractivity contribution in [3.05, 3.63) is 102 Å². The minimum Gasteiger partial charge on any atom is -0.345 e. The van der Waals surface area contributed by atoms with E-state index in [2.05, 4.69) is 5.32 Å². The number of carbonyl (C=O) groups excluding carboxylic acids is 1. The fourth-order valence-electron chi connectivity index (χ4n) is 4.08. The minimum absolute atomic E-state index is 0.116. The van der Waals surface area contributed by atoms with E-state index < -0.39 is 10.0 Å². The molecule has 1 N–H and O–H groups in total. The number of nitrogens with one attached hydrogen (secondary N) is 1. The molecule has 0 bridgehead atoms. The number of sulfonamides is 1. The Bertz CT molecular complexity index is 1090. The van der Waals surface area contributed by atoms with Gasteiger partial charge in [-0.2, -0.15) is 4.31 Å². The summed E-state index contributed by atoms with van der Waals surface area (Å²) in [5, 5.41) is 3.13. The Morgan fingerprint density at radius 2 is 1.31 bits per heavy atom. The molecule has 3 aromatic carbocycles. The van der Waals surface area contributed by atoms with Gasteiger partial charge >= 0.3 is 0 Å². The van der Waals surface area contributed by atoms with Crippen molar-refractivity contribution in [1.29, 1.82) is 0 Å². The summed E-state index contributed by atoms with van der Waals surface area (Å²) < 4.78 is 27.2. The zero-order chi connectivity index (χ0) is 22.4. The number of benzene rings is 3. The molecule has 1 aliphatic rings. The average molecular weight is 449 g/mol. The molecule has 1 aliphatic heterocycles. The molecule has 166 valence electrons. The second kappa shape index (κ2) is 10.1. The molecule has 5 nitrogen and oxygen atoms in total. The first-order valence-electron chi connectivity index (χ1n) is 11.0. The molecular formula is C26H28N2O3S. The highest BCUT2D eigenvalue weighted by Crippen LogP contribution is 2.23. The Balaban J connectivity index is 1.46. The molecule has 1 amide bonds. The summed E-state index contributed by atoms with van der Waals surface area (Å²) in [4.78, 5) is 13.1. The normalized spacial score (nSPS) is 14.9. The fraction of sp³-hybridized carbons (Fsp3) is 0.269. The van der Waals surface area contributed by atoms with E-state index in [1.165, 1.54) is 0 Å². The van der Waals surface area contributed by atoms with Gasteiger partial charge in [0.15, 0.2) is 0 Å². The van der Waals surface area contributed by atoms with Crippen LogP contribution in [0.1, 0.15) is 42.0 Å². The van der Waals surface area contributed by atoms with Gasteiger partial charge in [0.25, 0.3) is 0 Å². The zero-order valence-corrected chi connectivity index (χ0v) is 18.8. The van der Waals surface area contributed by atoms with Gasteiger partial charge in [0.2, 0.25) is 15.9 Å². The number of piperidine rings is 1. The van der Waals surface area contributed by atoms with Crippen LogP contribution in [0.5, 0.6) is 0 Å². The molecule has 3 aromatic rings. The number of hydrogen-bond acceptors (Lipinski definition) is 3. The summed E-state index contributed by atoms with van der Waals surface area (Å²) in [6.07, 6.45) is 3.07. The van der Waals surface area contributed by atoms with E-state index >= 15 is 0 Å². The van der Waals surface area contributed by atoms with Crippen molar-refractivity contribution in [2.45, 2.75) is 36.6 Å².